The van der Waals surface area contributed by atoms with E-state index in [-0.39, 0.29) is 6.10 Å². The fourth-order valence-electron chi connectivity index (χ4n) is 1.69. The fraction of sp³-hybridized carbons (Fsp3) is 1.00. The second-order valence-electron chi connectivity index (χ2n) is 3.60. The third-order valence-corrected chi connectivity index (χ3v) is 2.44. The minimum absolute atomic E-state index is 0.330. The molecule has 0 bridgehead atoms. The highest BCUT2D eigenvalue weighted by Gasteiger charge is 2.11. The van der Waals surface area contributed by atoms with Crippen LogP contribution in [0, 0.1) is 0 Å². The monoisotopic (exact) mass is 172 g/mol. The van der Waals surface area contributed by atoms with Gasteiger partial charge in [0.15, 0.2) is 0 Å². The largest absolute Gasteiger partial charge is 0.390 e. The van der Waals surface area contributed by atoms with Gasteiger partial charge in [0, 0.05) is 13.1 Å². The van der Waals surface area contributed by atoms with Crippen LogP contribution in [0.15, 0.2) is 0 Å². The van der Waals surface area contributed by atoms with Crippen LogP contribution < -0.4 is 5.73 Å². The molecule has 1 rings (SSSR count). The van der Waals surface area contributed by atoms with E-state index in [2.05, 4.69) is 4.90 Å². The molecule has 3 nitrogen and oxygen atoms in total. The van der Waals surface area contributed by atoms with Crippen molar-refractivity contribution in [1.82, 2.24) is 4.90 Å². The molecule has 72 valence electrons. The second kappa shape index (κ2) is 5.51. The molecule has 0 unspecified atom stereocenters. The van der Waals surface area contributed by atoms with Crippen LogP contribution in [0.4, 0.5) is 0 Å². The molecule has 12 heavy (non-hydrogen) atoms. The summed E-state index contributed by atoms with van der Waals surface area (Å²) in [7, 11) is 0. The molecule has 0 radical (unpaired) electrons. The Morgan fingerprint density at radius 2 is 1.75 bits per heavy atom. The SMILES string of the molecule is NC[C@H](O)CN1CCCCCC1. The number of hydrogen-bond donors (Lipinski definition) is 2. The Bertz CT molecular complexity index is 111. The van der Waals surface area contributed by atoms with Gasteiger partial charge in [0.25, 0.3) is 0 Å². The van der Waals surface area contributed by atoms with Crippen molar-refractivity contribution in [1.29, 1.82) is 0 Å². The Kier molecular flexibility index (Phi) is 4.58. The number of nitrogens with two attached hydrogens (primary N) is 1. The van der Waals surface area contributed by atoms with E-state index in [0.29, 0.717) is 6.54 Å². The number of nitrogens with zero attached hydrogens (tertiary/aromatic N) is 1. The molecule has 0 aromatic carbocycles. The van der Waals surface area contributed by atoms with Crippen LogP contribution >= 0.6 is 0 Å². The Morgan fingerprint density at radius 3 is 2.25 bits per heavy atom. The number of likely N-dealkylation sites (tertiary alicyclic amines) is 1. The average molecular weight is 172 g/mol. The molecule has 1 saturated heterocycles. The highest BCUT2D eigenvalue weighted by Crippen LogP contribution is 2.09. The molecule has 1 aliphatic heterocycles. The Labute approximate surface area is 74.5 Å². The van der Waals surface area contributed by atoms with E-state index in [1.54, 1.807) is 0 Å². The molecule has 1 heterocycles. The smallest absolute Gasteiger partial charge is 0.0789 e. The maximum absolute atomic E-state index is 9.34. The van der Waals surface area contributed by atoms with Gasteiger partial charge in [0.1, 0.15) is 0 Å². The zero-order valence-corrected chi connectivity index (χ0v) is 7.71. The van der Waals surface area contributed by atoms with Crippen molar-refractivity contribution in [3.63, 3.8) is 0 Å². The standard InChI is InChI=1S/C9H20N2O/c10-7-9(12)8-11-5-3-1-2-4-6-11/h9,12H,1-8,10H2/t9-/m0/s1. The van der Waals surface area contributed by atoms with Gasteiger partial charge in [-0.1, -0.05) is 12.8 Å². The molecule has 0 aromatic heterocycles. The number of rotatable bonds is 3. The minimum Gasteiger partial charge on any atom is -0.390 e. The van der Waals surface area contributed by atoms with Crippen molar-refractivity contribution in [3.05, 3.63) is 0 Å². The van der Waals surface area contributed by atoms with Crippen molar-refractivity contribution in [3.8, 4) is 0 Å². The van der Waals surface area contributed by atoms with Crippen LogP contribution in [0.2, 0.25) is 0 Å². The normalized spacial score (nSPS) is 23.5. The van der Waals surface area contributed by atoms with E-state index >= 15 is 0 Å². The molecular formula is C9H20N2O. The molecule has 1 aliphatic rings. The maximum Gasteiger partial charge on any atom is 0.0789 e. The summed E-state index contributed by atoms with van der Waals surface area (Å²) in [5.41, 5.74) is 5.35. The van der Waals surface area contributed by atoms with Crippen molar-refractivity contribution in [2.75, 3.05) is 26.2 Å². The van der Waals surface area contributed by atoms with Crippen LogP contribution in [-0.2, 0) is 0 Å². The molecule has 0 saturated carbocycles. The third kappa shape index (κ3) is 3.52. The van der Waals surface area contributed by atoms with Gasteiger partial charge in [-0.15, -0.1) is 0 Å². The molecular weight excluding hydrogens is 152 g/mol. The zero-order chi connectivity index (χ0) is 8.81. The van der Waals surface area contributed by atoms with Gasteiger partial charge in [-0.05, 0) is 25.9 Å². The highest BCUT2D eigenvalue weighted by atomic mass is 16.3. The highest BCUT2D eigenvalue weighted by molar-refractivity contribution is 4.67. The number of aliphatic hydroxyl groups is 1. The molecule has 0 aromatic rings. The first-order valence-corrected chi connectivity index (χ1v) is 4.93. The van der Waals surface area contributed by atoms with Crippen molar-refractivity contribution < 1.29 is 5.11 Å². The summed E-state index contributed by atoms with van der Waals surface area (Å²) < 4.78 is 0. The number of β-amino-alcohol motifs (C(OH)–C–C–N with tert-alkyl or cyclic N) is 1. The summed E-state index contributed by atoms with van der Waals surface area (Å²) in [5, 5.41) is 9.34. The van der Waals surface area contributed by atoms with Gasteiger partial charge in [-0.25, -0.2) is 0 Å². The summed E-state index contributed by atoms with van der Waals surface area (Å²) in [6, 6.07) is 0. The summed E-state index contributed by atoms with van der Waals surface area (Å²) in [4.78, 5) is 2.32. The summed E-state index contributed by atoms with van der Waals surface area (Å²) in [5.74, 6) is 0. The predicted octanol–water partition coefficient (Wildman–Crippen LogP) is 0.182. The van der Waals surface area contributed by atoms with Gasteiger partial charge in [-0.3, -0.25) is 0 Å². The first-order chi connectivity index (χ1) is 5.83. The Morgan fingerprint density at radius 1 is 1.17 bits per heavy atom. The molecule has 0 amide bonds. The Hall–Kier alpha value is -0.120. The Balaban J connectivity index is 2.20. The molecule has 3 heteroatoms. The lowest BCUT2D eigenvalue weighted by molar-refractivity contribution is 0.120. The lowest BCUT2D eigenvalue weighted by atomic mass is 10.2. The van der Waals surface area contributed by atoms with Crippen LogP contribution in [-0.4, -0.2) is 42.3 Å². The topological polar surface area (TPSA) is 49.5 Å². The van der Waals surface area contributed by atoms with Crippen LogP contribution in [0.3, 0.4) is 0 Å². The minimum atomic E-state index is -0.330. The third-order valence-electron chi connectivity index (χ3n) is 2.44. The van der Waals surface area contributed by atoms with Crippen molar-refractivity contribution in [2.24, 2.45) is 5.73 Å². The first kappa shape index (κ1) is 9.96. The fourth-order valence-corrected chi connectivity index (χ4v) is 1.69. The summed E-state index contributed by atoms with van der Waals surface area (Å²) in [6.45, 7) is 3.42. The van der Waals surface area contributed by atoms with Crippen LogP contribution in [0.25, 0.3) is 0 Å². The second-order valence-corrected chi connectivity index (χ2v) is 3.60. The van der Waals surface area contributed by atoms with Gasteiger partial charge in [0.05, 0.1) is 6.10 Å². The van der Waals surface area contributed by atoms with Crippen LogP contribution in [0.5, 0.6) is 0 Å². The van der Waals surface area contributed by atoms with Gasteiger partial charge >= 0.3 is 0 Å². The maximum atomic E-state index is 9.34. The summed E-state index contributed by atoms with van der Waals surface area (Å²) in [6.07, 6.45) is 4.90. The van der Waals surface area contributed by atoms with E-state index in [9.17, 15) is 5.11 Å². The average Bonchev–Trinajstić information content (AvgIpc) is 2.33. The van der Waals surface area contributed by atoms with Crippen LogP contribution in [0.1, 0.15) is 25.7 Å². The molecule has 3 N–H and O–H groups in total. The van der Waals surface area contributed by atoms with E-state index in [1.807, 2.05) is 0 Å². The summed E-state index contributed by atoms with van der Waals surface area (Å²) >= 11 is 0. The number of aliphatic hydroxyl groups excluding tert-OH is 1. The van der Waals surface area contributed by atoms with E-state index in [0.717, 1.165) is 19.6 Å². The van der Waals surface area contributed by atoms with Gasteiger partial charge in [0.2, 0.25) is 0 Å². The van der Waals surface area contributed by atoms with Crippen molar-refractivity contribution >= 4 is 0 Å². The lowest BCUT2D eigenvalue weighted by Crippen LogP contribution is -2.36. The first-order valence-electron chi connectivity index (χ1n) is 4.93. The van der Waals surface area contributed by atoms with E-state index in [4.69, 9.17) is 5.73 Å². The quantitative estimate of drug-likeness (QED) is 0.638. The van der Waals surface area contributed by atoms with Gasteiger partial charge in [-0.2, -0.15) is 0 Å². The predicted molar refractivity (Wildman–Crippen MR) is 50.0 cm³/mol. The zero-order valence-electron chi connectivity index (χ0n) is 7.71. The molecule has 1 fully saturated rings. The molecule has 0 aliphatic carbocycles. The lowest BCUT2D eigenvalue weighted by Gasteiger charge is -2.22. The van der Waals surface area contributed by atoms with Gasteiger partial charge < -0.3 is 15.7 Å². The van der Waals surface area contributed by atoms with E-state index in [1.165, 1.54) is 25.7 Å². The number of hydrogen-bond acceptors (Lipinski definition) is 3. The van der Waals surface area contributed by atoms with Crippen molar-refractivity contribution in [2.45, 2.75) is 31.8 Å². The molecule has 0 spiro atoms. The molecule has 1 atom stereocenters. The van der Waals surface area contributed by atoms with E-state index < -0.39 is 0 Å².